The van der Waals surface area contributed by atoms with Crippen molar-refractivity contribution >= 4 is 11.8 Å². The first kappa shape index (κ1) is 14.8. The van der Waals surface area contributed by atoms with Gasteiger partial charge < -0.3 is 15.1 Å². The molecule has 21 heavy (non-hydrogen) atoms. The Morgan fingerprint density at radius 1 is 1.14 bits per heavy atom. The maximum atomic E-state index is 12.1. The monoisotopic (exact) mass is 287 g/mol. The van der Waals surface area contributed by atoms with E-state index in [1.54, 1.807) is 25.4 Å². The van der Waals surface area contributed by atoms with Gasteiger partial charge in [-0.15, -0.1) is 0 Å². The van der Waals surface area contributed by atoms with Gasteiger partial charge in [-0.2, -0.15) is 0 Å². The van der Waals surface area contributed by atoms with Crippen LogP contribution >= 0.6 is 0 Å². The zero-order chi connectivity index (χ0) is 15.2. The minimum atomic E-state index is -0.642. The zero-order valence-electron chi connectivity index (χ0n) is 11.9. The molecule has 110 valence electrons. The molecule has 0 spiro atoms. The average molecular weight is 287 g/mol. The normalized spacial score (nSPS) is 13.2. The molecule has 6 heteroatoms. The molecule has 0 radical (unpaired) electrons. The summed E-state index contributed by atoms with van der Waals surface area (Å²) in [6, 6.07) is 4.41. The standard InChI is InChI=1S/C15H17N3O3/c1-10(12-3-6-16-7-4-12)17-14(19)11(2)18-15(20)13-5-8-21-9-13/h3-11H,1-2H3,(H,17,19)(H,18,20)/t10-,11-/m0/s1. The molecule has 0 fully saturated rings. The Kier molecular flexibility index (Phi) is 4.71. The van der Waals surface area contributed by atoms with Crippen molar-refractivity contribution in [2.24, 2.45) is 0 Å². The molecular formula is C15H17N3O3. The summed E-state index contributed by atoms with van der Waals surface area (Å²) in [5.41, 5.74) is 1.34. The maximum Gasteiger partial charge on any atom is 0.255 e. The van der Waals surface area contributed by atoms with Crippen molar-refractivity contribution < 1.29 is 14.0 Å². The lowest BCUT2D eigenvalue weighted by Gasteiger charge is -2.18. The highest BCUT2D eigenvalue weighted by Gasteiger charge is 2.19. The maximum absolute atomic E-state index is 12.1. The molecule has 2 atom stereocenters. The molecule has 2 aromatic rings. The fourth-order valence-electron chi connectivity index (χ4n) is 1.81. The van der Waals surface area contributed by atoms with Crippen molar-refractivity contribution in [2.45, 2.75) is 25.9 Å². The van der Waals surface area contributed by atoms with Gasteiger partial charge in [0, 0.05) is 12.4 Å². The smallest absolute Gasteiger partial charge is 0.255 e. The van der Waals surface area contributed by atoms with E-state index in [9.17, 15) is 9.59 Å². The van der Waals surface area contributed by atoms with Crippen molar-refractivity contribution in [2.75, 3.05) is 0 Å². The van der Waals surface area contributed by atoms with E-state index >= 15 is 0 Å². The van der Waals surface area contributed by atoms with Crippen molar-refractivity contribution in [1.29, 1.82) is 0 Å². The van der Waals surface area contributed by atoms with Gasteiger partial charge in [-0.25, -0.2) is 0 Å². The van der Waals surface area contributed by atoms with Crippen LogP contribution in [0.1, 0.15) is 35.8 Å². The van der Waals surface area contributed by atoms with Gasteiger partial charge in [0.25, 0.3) is 5.91 Å². The van der Waals surface area contributed by atoms with Gasteiger partial charge >= 0.3 is 0 Å². The molecule has 2 heterocycles. The van der Waals surface area contributed by atoms with Crippen LogP contribution < -0.4 is 10.6 Å². The Labute approximate surface area is 122 Å². The van der Waals surface area contributed by atoms with Gasteiger partial charge in [0.15, 0.2) is 0 Å². The van der Waals surface area contributed by atoms with E-state index in [1.807, 2.05) is 19.1 Å². The largest absolute Gasteiger partial charge is 0.472 e. The van der Waals surface area contributed by atoms with Crippen molar-refractivity contribution in [1.82, 2.24) is 15.6 Å². The summed E-state index contributed by atoms with van der Waals surface area (Å²) in [7, 11) is 0. The molecular weight excluding hydrogens is 270 g/mol. The molecule has 0 saturated heterocycles. The van der Waals surface area contributed by atoms with Crippen LogP contribution in [0.25, 0.3) is 0 Å². The number of pyridine rings is 1. The van der Waals surface area contributed by atoms with Crippen LogP contribution in [-0.2, 0) is 4.79 Å². The van der Waals surface area contributed by atoms with Gasteiger partial charge in [-0.3, -0.25) is 14.6 Å². The number of amides is 2. The minimum absolute atomic E-state index is 0.159. The Morgan fingerprint density at radius 2 is 1.86 bits per heavy atom. The third-order valence-electron chi connectivity index (χ3n) is 3.09. The lowest BCUT2D eigenvalue weighted by molar-refractivity contribution is -0.123. The Balaban J connectivity index is 1.89. The molecule has 2 rings (SSSR count). The molecule has 2 aromatic heterocycles. The van der Waals surface area contributed by atoms with E-state index in [0.717, 1.165) is 5.56 Å². The summed E-state index contributed by atoms with van der Waals surface area (Å²) >= 11 is 0. The van der Waals surface area contributed by atoms with Crippen molar-refractivity contribution in [3.8, 4) is 0 Å². The highest BCUT2D eigenvalue weighted by Crippen LogP contribution is 2.10. The van der Waals surface area contributed by atoms with Crippen molar-refractivity contribution in [3.63, 3.8) is 0 Å². The predicted octanol–water partition coefficient (Wildman–Crippen LogP) is 1.67. The molecule has 0 aliphatic carbocycles. The Bertz CT molecular complexity index is 596. The number of rotatable bonds is 5. The van der Waals surface area contributed by atoms with Crippen LogP contribution in [0.15, 0.2) is 47.5 Å². The van der Waals surface area contributed by atoms with E-state index in [2.05, 4.69) is 15.6 Å². The van der Waals surface area contributed by atoms with Crippen LogP contribution in [0.5, 0.6) is 0 Å². The first-order valence-electron chi connectivity index (χ1n) is 6.61. The topological polar surface area (TPSA) is 84.2 Å². The molecule has 2 amide bonds. The number of furan rings is 1. The van der Waals surface area contributed by atoms with E-state index in [0.29, 0.717) is 5.56 Å². The third-order valence-corrected chi connectivity index (χ3v) is 3.09. The second-order valence-corrected chi connectivity index (χ2v) is 4.72. The average Bonchev–Trinajstić information content (AvgIpc) is 3.02. The molecule has 6 nitrogen and oxygen atoms in total. The van der Waals surface area contributed by atoms with Gasteiger partial charge in [0.1, 0.15) is 12.3 Å². The summed E-state index contributed by atoms with van der Waals surface area (Å²) in [5.74, 6) is -0.598. The number of aromatic nitrogens is 1. The third kappa shape index (κ3) is 3.92. The van der Waals surface area contributed by atoms with Gasteiger partial charge in [-0.1, -0.05) is 0 Å². The van der Waals surface area contributed by atoms with Crippen LogP contribution in [0.2, 0.25) is 0 Å². The molecule has 2 N–H and O–H groups in total. The molecule has 0 bridgehead atoms. The first-order valence-corrected chi connectivity index (χ1v) is 6.61. The molecule has 0 aliphatic heterocycles. The number of carbonyl (C=O) groups excluding carboxylic acids is 2. The van der Waals surface area contributed by atoms with E-state index < -0.39 is 6.04 Å². The van der Waals surface area contributed by atoms with Gasteiger partial charge in [0.05, 0.1) is 17.9 Å². The Hall–Kier alpha value is -2.63. The van der Waals surface area contributed by atoms with Crippen LogP contribution in [-0.4, -0.2) is 22.8 Å². The van der Waals surface area contributed by atoms with E-state index in [-0.39, 0.29) is 17.9 Å². The highest BCUT2D eigenvalue weighted by molar-refractivity contribution is 5.97. The van der Waals surface area contributed by atoms with E-state index in [1.165, 1.54) is 12.5 Å². The zero-order valence-corrected chi connectivity index (χ0v) is 11.9. The Morgan fingerprint density at radius 3 is 2.48 bits per heavy atom. The second kappa shape index (κ2) is 6.69. The molecule has 0 unspecified atom stereocenters. The summed E-state index contributed by atoms with van der Waals surface area (Å²) in [5, 5.41) is 5.46. The van der Waals surface area contributed by atoms with Crippen LogP contribution in [0, 0.1) is 0 Å². The SMILES string of the molecule is C[C@H](NC(=O)c1ccoc1)C(=O)N[C@@H](C)c1ccncc1. The lowest BCUT2D eigenvalue weighted by Crippen LogP contribution is -2.45. The number of nitrogens with one attached hydrogen (secondary N) is 2. The predicted molar refractivity (Wildman–Crippen MR) is 76.4 cm³/mol. The molecule has 0 aromatic carbocycles. The quantitative estimate of drug-likeness (QED) is 0.876. The fraction of sp³-hybridized carbons (Fsp3) is 0.267. The van der Waals surface area contributed by atoms with Crippen LogP contribution in [0.4, 0.5) is 0 Å². The number of nitrogens with zero attached hydrogens (tertiary/aromatic N) is 1. The molecule has 0 aliphatic rings. The van der Waals surface area contributed by atoms with Crippen molar-refractivity contribution in [3.05, 3.63) is 54.2 Å². The van der Waals surface area contributed by atoms with Gasteiger partial charge in [-0.05, 0) is 37.6 Å². The molecule has 0 saturated carbocycles. The lowest BCUT2D eigenvalue weighted by atomic mass is 10.1. The fourth-order valence-corrected chi connectivity index (χ4v) is 1.81. The second-order valence-electron chi connectivity index (χ2n) is 4.72. The summed E-state index contributed by atoms with van der Waals surface area (Å²) < 4.78 is 4.83. The number of hydrogen-bond donors (Lipinski definition) is 2. The van der Waals surface area contributed by atoms with Crippen LogP contribution in [0.3, 0.4) is 0 Å². The minimum Gasteiger partial charge on any atom is -0.472 e. The highest BCUT2D eigenvalue weighted by atomic mass is 16.3. The summed E-state index contributed by atoms with van der Waals surface area (Å²) in [4.78, 5) is 27.8. The number of hydrogen-bond acceptors (Lipinski definition) is 4. The van der Waals surface area contributed by atoms with E-state index in [4.69, 9.17) is 4.42 Å². The summed E-state index contributed by atoms with van der Waals surface area (Å²) in [6.45, 7) is 3.50. The summed E-state index contributed by atoms with van der Waals surface area (Å²) in [6.07, 6.45) is 6.08. The number of carbonyl (C=O) groups is 2. The van der Waals surface area contributed by atoms with Gasteiger partial charge in [0.2, 0.25) is 5.91 Å². The first-order chi connectivity index (χ1) is 10.1.